The van der Waals surface area contributed by atoms with Gasteiger partial charge in [-0.1, -0.05) is 42.5 Å². The summed E-state index contributed by atoms with van der Waals surface area (Å²) in [6.07, 6.45) is -0.994. The first kappa shape index (κ1) is 30.1. The van der Waals surface area contributed by atoms with E-state index in [1.54, 1.807) is 0 Å². The maximum absolute atomic E-state index is 12.1. The van der Waals surface area contributed by atoms with Crippen LogP contribution in [0.1, 0.15) is 41.5 Å². The number of H-pyrrole nitrogens is 2. The van der Waals surface area contributed by atoms with Gasteiger partial charge >= 0.3 is 12.2 Å². The van der Waals surface area contributed by atoms with Gasteiger partial charge in [0, 0.05) is 22.5 Å². The number of nitrogens with one attached hydrogen (secondary N) is 4. The third-order valence-corrected chi connectivity index (χ3v) is 6.29. The Bertz CT molecular complexity index is 1630. The Morgan fingerprint density at radius 1 is 0.568 bits per heavy atom. The lowest BCUT2D eigenvalue weighted by atomic mass is 10.0. The Morgan fingerprint density at radius 2 is 0.955 bits per heavy atom. The van der Waals surface area contributed by atoms with Crippen LogP contribution in [0.5, 0.6) is 0 Å². The van der Waals surface area contributed by atoms with E-state index in [1.807, 2.05) is 126 Å². The minimum atomic E-state index is -0.566. The highest BCUT2D eigenvalue weighted by Gasteiger charge is 2.17. The average molecular weight is 593 g/mol. The van der Waals surface area contributed by atoms with Gasteiger partial charge in [0.1, 0.15) is 11.2 Å². The van der Waals surface area contributed by atoms with Gasteiger partial charge in [-0.15, -0.1) is 0 Å². The van der Waals surface area contributed by atoms with E-state index in [9.17, 15) is 9.59 Å². The van der Waals surface area contributed by atoms with E-state index in [0.717, 1.165) is 45.0 Å². The van der Waals surface area contributed by atoms with Crippen molar-refractivity contribution < 1.29 is 19.1 Å². The van der Waals surface area contributed by atoms with E-state index >= 15 is 0 Å². The summed E-state index contributed by atoms with van der Waals surface area (Å²) in [7, 11) is 0. The van der Waals surface area contributed by atoms with Crippen LogP contribution in [-0.2, 0) is 9.47 Å². The molecule has 2 aromatic heterocycles. The van der Waals surface area contributed by atoms with Gasteiger partial charge in [0.2, 0.25) is 0 Å². The van der Waals surface area contributed by atoms with Crippen molar-refractivity contribution in [2.45, 2.75) is 52.7 Å². The van der Waals surface area contributed by atoms with Crippen LogP contribution in [-0.4, -0.2) is 43.8 Å². The number of anilines is 2. The van der Waals surface area contributed by atoms with E-state index in [-0.39, 0.29) is 0 Å². The lowest BCUT2D eigenvalue weighted by Gasteiger charge is -2.19. The summed E-state index contributed by atoms with van der Waals surface area (Å²) < 4.78 is 10.6. The molecule has 0 fully saturated rings. The molecule has 4 N–H and O–H groups in total. The minimum Gasteiger partial charge on any atom is -0.444 e. The summed E-state index contributed by atoms with van der Waals surface area (Å²) in [5, 5.41) is 20.8. The Hall–Kier alpha value is -5.38. The molecule has 226 valence electrons. The van der Waals surface area contributed by atoms with Crippen LogP contribution >= 0.6 is 0 Å². The molecule has 0 bridgehead atoms. The van der Waals surface area contributed by atoms with Crippen LogP contribution in [0.3, 0.4) is 0 Å². The molecule has 0 saturated heterocycles. The quantitative estimate of drug-likeness (QED) is 0.156. The molecule has 2 amide bonds. The van der Waals surface area contributed by atoms with Crippen molar-refractivity contribution in [1.29, 1.82) is 0 Å². The number of aromatic nitrogens is 4. The molecule has 2 heterocycles. The average Bonchev–Trinajstić information content (AvgIpc) is 3.63. The van der Waals surface area contributed by atoms with Gasteiger partial charge in [-0.2, -0.15) is 10.2 Å². The molecular weight excluding hydrogens is 556 g/mol. The number of aromatic amines is 2. The normalized spacial score (nSPS) is 11.6. The number of benzene rings is 3. The molecule has 3 aromatic carbocycles. The van der Waals surface area contributed by atoms with Gasteiger partial charge in [0.25, 0.3) is 0 Å². The number of carbonyl (C=O) groups excluding carboxylic acids is 2. The van der Waals surface area contributed by atoms with E-state index in [2.05, 4.69) is 31.0 Å². The summed E-state index contributed by atoms with van der Waals surface area (Å²) in [6.45, 7) is 10.9. The molecule has 0 aliphatic heterocycles. The van der Waals surface area contributed by atoms with Crippen molar-refractivity contribution in [2.24, 2.45) is 0 Å². The number of hydrogen-bond donors (Lipinski definition) is 4. The zero-order valence-corrected chi connectivity index (χ0v) is 25.6. The van der Waals surface area contributed by atoms with Crippen molar-refractivity contribution in [3.05, 3.63) is 84.9 Å². The predicted molar refractivity (Wildman–Crippen MR) is 172 cm³/mol. The molecule has 10 heteroatoms. The number of carbonyl (C=O) groups is 2. The molecule has 5 rings (SSSR count). The molecule has 0 unspecified atom stereocenters. The first-order chi connectivity index (χ1) is 20.8. The molecular formula is C34H36N6O4. The monoisotopic (exact) mass is 592 g/mol. The van der Waals surface area contributed by atoms with Crippen LogP contribution in [0.2, 0.25) is 0 Å². The Balaban J connectivity index is 1.25. The number of nitrogens with zero attached hydrogens (tertiary/aromatic N) is 2. The van der Waals surface area contributed by atoms with E-state index in [1.165, 1.54) is 0 Å². The molecule has 0 saturated carbocycles. The minimum absolute atomic E-state index is 0.497. The van der Waals surface area contributed by atoms with Crippen LogP contribution in [0.15, 0.2) is 84.9 Å². The third kappa shape index (κ3) is 7.91. The highest BCUT2D eigenvalue weighted by molar-refractivity contribution is 5.86. The summed E-state index contributed by atoms with van der Waals surface area (Å²) in [6, 6.07) is 26.9. The summed E-state index contributed by atoms with van der Waals surface area (Å²) >= 11 is 0. The molecule has 0 spiro atoms. The van der Waals surface area contributed by atoms with Crippen molar-refractivity contribution in [2.75, 3.05) is 10.6 Å². The fraction of sp³-hybridized carbons (Fsp3) is 0.235. The largest absolute Gasteiger partial charge is 0.444 e. The summed E-state index contributed by atoms with van der Waals surface area (Å²) in [5.74, 6) is 0. The van der Waals surface area contributed by atoms with Crippen molar-refractivity contribution in [1.82, 2.24) is 20.4 Å². The zero-order valence-electron chi connectivity index (χ0n) is 25.6. The second kappa shape index (κ2) is 12.1. The van der Waals surface area contributed by atoms with Crippen LogP contribution in [0.25, 0.3) is 45.0 Å². The van der Waals surface area contributed by atoms with Gasteiger partial charge in [0.15, 0.2) is 0 Å². The summed E-state index contributed by atoms with van der Waals surface area (Å²) in [5.41, 5.74) is 7.17. The van der Waals surface area contributed by atoms with Crippen LogP contribution in [0, 0.1) is 0 Å². The highest BCUT2D eigenvalue weighted by Crippen LogP contribution is 2.30. The second-order valence-electron chi connectivity index (χ2n) is 12.3. The van der Waals surface area contributed by atoms with Gasteiger partial charge in [0.05, 0.1) is 22.8 Å². The second-order valence-corrected chi connectivity index (χ2v) is 12.3. The fourth-order valence-corrected chi connectivity index (χ4v) is 4.38. The van der Waals surface area contributed by atoms with Gasteiger partial charge in [-0.05, 0) is 95.1 Å². The first-order valence-electron chi connectivity index (χ1n) is 14.2. The summed E-state index contributed by atoms with van der Waals surface area (Å²) in [4.78, 5) is 24.1. The van der Waals surface area contributed by atoms with E-state index < -0.39 is 23.4 Å². The molecule has 0 radical (unpaired) electrons. The van der Waals surface area contributed by atoms with Crippen molar-refractivity contribution >= 4 is 23.6 Å². The maximum atomic E-state index is 12.1. The molecule has 5 aromatic rings. The topological polar surface area (TPSA) is 134 Å². The number of ether oxygens (including phenoxy) is 2. The van der Waals surface area contributed by atoms with Gasteiger partial charge in [-0.3, -0.25) is 20.8 Å². The molecule has 10 nitrogen and oxygen atoms in total. The van der Waals surface area contributed by atoms with Crippen molar-refractivity contribution in [3.8, 4) is 45.0 Å². The lowest BCUT2D eigenvalue weighted by Crippen LogP contribution is -2.27. The van der Waals surface area contributed by atoms with Gasteiger partial charge in [-0.25, -0.2) is 9.59 Å². The third-order valence-electron chi connectivity index (χ3n) is 6.29. The number of hydrogen-bond acceptors (Lipinski definition) is 6. The number of amides is 2. The fourth-order valence-electron chi connectivity index (χ4n) is 4.38. The first-order valence-corrected chi connectivity index (χ1v) is 14.2. The Labute approximate surface area is 256 Å². The Kier molecular flexibility index (Phi) is 8.26. The number of rotatable bonds is 6. The molecule has 0 aliphatic carbocycles. The van der Waals surface area contributed by atoms with E-state index in [0.29, 0.717) is 11.4 Å². The Morgan fingerprint density at radius 3 is 1.32 bits per heavy atom. The molecule has 0 aliphatic rings. The predicted octanol–water partition coefficient (Wildman–Crippen LogP) is 8.49. The molecule has 44 heavy (non-hydrogen) atoms. The lowest BCUT2D eigenvalue weighted by molar-refractivity contribution is 0.0624. The van der Waals surface area contributed by atoms with Crippen LogP contribution in [0.4, 0.5) is 21.0 Å². The smallest absolute Gasteiger partial charge is 0.412 e. The highest BCUT2D eigenvalue weighted by atomic mass is 16.6. The zero-order chi connectivity index (χ0) is 31.5. The maximum Gasteiger partial charge on any atom is 0.412 e. The SMILES string of the molecule is CC(C)(C)OC(=O)Nc1ccc(-c2cc(-c3cccc(-c4cc(-c5ccc(NC(=O)OC(C)(C)C)cc5)[nH]n4)c3)n[nH]2)cc1. The van der Waals surface area contributed by atoms with E-state index in [4.69, 9.17) is 9.47 Å². The van der Waals surface area contributed by atoms with Gasteiger partial charge < -0.3 is 9.47 Å². The molecule has 0 atom stereocenters. The standard InChI is InChI=1S/C34H36N6O4/c1-33(2,3)43-31(41)35-25-14-10-21(11-15-25)27-19-29(39-37-27)23-8-7-9-24(18-23)30-20-28(38-40-30)22-12-16-26(17-13-22)36-32(42)44-34(4,5)6/h7-20H,1-6H3,(H,35,41)(H,36,42)(H,37,39)(H,38,40). The van der Waals surface area contributed by atoms with Crippen LogP contribution < -0.4 is 10.6 Å². The van der Waals surface area contributed by atoms with Crippen molar-refractivity contribution in [3.63, 3.8) is 0 Å².